The first-order valence-electron chi connectivity index (χ1n) is 11.9. The summed E-state index contributed by atoms with van der Waals surface area (Å²) in [6.07, 6.45) is 3.11. The van der Waals surface area contributed by atoms with Gasteiger partial charge in [-0.1, -0.05) is 40.7 Å². The summed E-state index contributed by atoms with van der Waals surface area (Å²) in [4.78, 5) is 0. The second-order valence-corrected chi connectivity index (χ2v) is 18.1. The van der Waals surface area contributed by atoms with Gasteiger partial charge in [-0.3, -0.25) is 0 Å². The Kier molecular flexibility index (Phi) is 7.40. The Hall–Kier alpha value is -1.72. The molecule has 0 heterocycles. The van der Waals surface area contributed by atoms with Gasteiger partial charge in [-0.2, -0.15) is 21.6 Å². The molecule has 36 heavy (non-hydrogen) atoms. The number of ether oxygens (including phenoxy) is 2. The van der Waals surface area contributed by atoms with Crippen molar-refractivity contribution in [2.75, 3.05) is 20.8 Å². The molecule has 3 atom stereocenters. The molecule has 1 fully saturated rings. The van der Waals surface area contributed by atoms with Gasteiger partial charge in [0.05, 0.1) is 20.8 Å². The summed E-state index contributed by atoms with van der Waals surface area (Å²) in [5.74, 6) is 0.341. The molecule has 6 nitrogen and oxygen atoms in total. The normalized spacial score (nSPS) is 24.0. The summed E-state index contributed by atoms with van der Waals surface area (Å²) in [6.45, 7) is 15.9. The van der Waals surface area contributed by atoms with Crippen LogP contribution in [0.3, 0.4) is 0 Å². The SMILES string of the molecule is COc1cc(OS(=O)(=O)C(F)(F)F)cc(OC)c1[C@H]1C=C(CO[Si](C)(C)C(C)(C)C)[C@H]2C[C@@H]1C2(C)C. The number of allylic oxidation sites excluding steroid dienone is 1. The quantitative estimate of drug-likeness (QED) is 0.156. The third kappa shape index (κ3) is 5.02. The van der Waals surface area contributed by atoms with Crippen LogP contribution in [0.1, 0.15) is 52.5 Å². The lowest BCUT2D eigenvalue weighted by Gasteiger charge is -2.60. The minimum atomic E-state index is -5.84. The zero-order valence-corrected chi connectivity index (χ0v) is 24.2. The Balaban J connectivity index is 2.04. The molecular weight excluding hydrogens is 513 g/mol. The van der Waals surface area contributed by atoms with E-state index in [4.69, 9.17) is 13.9 Å². The van der Waals surface area contributed by atoms with E-state index in [1.165, 1.54) is 31.9 Å². The molecule has 0 amide bonds. The number of rotatable bonds is 8. The minimum Gasteiger partial charge on any atom is -0.496 e. The van der Waals surface area contributed by atoms with Crippen molar-refractivity contribution in [3.8, 4) is 17.2 Å². The number of fused-ring (bicyclic) bond motifs is 1. The third-order valence-electron chi connectivity index (χ3n) is 8.36. The van der Waals surface area contributed by atoms with E-state index in [2.05, 4.69) is 58.0 Å². The number of methoxy groups -OCH3 is 2. The van der Waals surface area contributed by atoms with Gasteiger partial charge in [0.2, 0.25) is 0 Å². The van der Waals surface area contributed by atoms with Crippen molar-refractivity contribution in [2.24, 2.45) is 17.3 Å². The largest absolute Gasteiger partial charge is 0.534 e. The van der Waals surface area contributed by atoms with Gasteiger partial charge in [0.15, 0.2) is 8.32 Å². The number of benzene rings is 1. The molecule has 204 valence electrons. The van der Waals surface area contributed by atoms with Gasteiger partial charge >= 0.3 is 15.6 Å². The van der Waals surface area contributed by atoms with Crippen LogP contribution >= 0.6 is 0 Å². The van der Waals surface area contributed by atoms with Crippen molar-refractivity contribution in [3.05, 3.63) is 29.3 Å². The Morgan fingerprint density at radius 2 is 1.58 bits per heavy atom. The van der Waals surface area contributed by atoms with Crippen LogP contribution in [-0.2, 0) is 14.5 Å². The monoisotopic (exact) mass is 550 g/mol. The fraction of sp³-hybridized carbons (Fsp3) is 0.680. The number of hydrogen-bond donors (Lipinski definition) is 0. The molecule has 0 unspecified atom stereocenters. The van der Waals surface area contributed by atoms with Crippen LogP contribution in [0.4, 0.5) is 13.2 Å². The predicted molar refractivity (Wildman–Crippen MR) is 134 cm³/mol. The van der Waals surface area contributed by atoms with Gasteiger partial charge in [-0.15, -0.1) is 0 Å². The summed E-state index contributed by atoms with van der Waals surface area (Å²) >= 11 is 0. The highest BCUT2D eigenvalue weighted by Crippen LogP contribution is 2.65. The summed E-state index contributed by atoms with van der Waals surface area (Å²) in [5.41, 5.74) is -3.74. The number of alkyl halides is 3. The lowest BCUT2D eigenvalue weighted by molar-refractivity contribution is -0.0500. The van der Waals surface area contributed by atoms with E-state index in [0.29, 0.717) is 18.1 Å². The highest BCUT2D eigenvalue weighted by atomic mass is 32.2. The second-order valence-electron chi connectivity index (χ2n) is 11.8. The molecule has 11 heteroatoms. The average Bonchev–Trinajstić information content (AvgIpc) is 2.74. The third-order valence-corrected chi connectivity index (χ3v) is 13.8. The van der Waals surface area contributed by atoms with Crippen LogP contribution in [0.5, 0.6) is 17.2 Å². The van der Waals surface area contributed by atoms with E-state index >= 15 is 0 Å². The topological polar surface area (TPSA) is 71.1 Å². The summed E-state index contributed by atoms with van der Waals surface area (Å²) in [5, 5.41) is 0.0678. The van der Waals surface area contributed by atoms with E-state index in [0.717, 1.165) is 6.42 Å². The zero-order chi connectivity index (χ0) is 27.5. The van der Waals surface area contributed by atoms with Crippen LogP contribution in [0.15, 0.2) is 23.8 Å². The van der Waals surface area contributed by atoms with Crippen molar-refractivity contribution in [1.82, 2.24) is 0 Å². The molecule has 0 radical (unpaired) electrons. The number of halogens is 3. The summed E-state index contributed by atoms with van der Waals surface area (Å²) in [7, 11) is -5.07. The first-order valence-corrected chi connectivity index (χ1v) is 16.2. The molecule has 1 saturated carbocycles. The maximum Gasteiger partial charge on any atom is 0.534 e. The molecular formula is C25H37F3O6SSi. The fourth-order valence-corrected chi connectivity index (χ4v) is 6.44. The van der Waals surface area contributed by atoms with Crippen LogP contribution in [0, 0.1) is 17.3 Å². The zero-order valence-electron chi connectivity index (χ0n) is 22.4. The Bertz CT molecular complexity index is 1110. The number of hydrogen-bond acceptors (Lipinski definition) is 6. The van der Waals surface area contributed by atoms with Crippen molar-refractivity contribution >= 4 is 18.4 Å². The fourth-order valence-electron chi connectivity index (χ4n) is 5.04. The molecule has 0 spiro atoms. The van der Waals surface area contributed by atoms with Gasteiger partial charge in [-0.05, 0) is 47.4 Å². The average molecular weight is 551 g/mol. The van der Waals surface area contributed by atoms with E-state index in [1.807, 2.05) is 0 Å². The molecule has 0 saturated heterocycles. The maximum absolute atomic E-state index is 12.9. The highest BCUT2D eigenvalue weighted by Gasteiger charge is 2.56. The van der Waals surface area contributed by atoms with Crippen LogP contribution < -0.4 is 13.7 Å². The van der Waals surface area contributed by atoms with Gasteiger partial charge in [0.25, 0.3) is 0 Å². The van der Waals surface area contributed by atoms with Crippen molar-refractivity contribution < 1.29 is 39.7 Å². The molecule has 1 aromatic rings. The molecule has 0 aromatic heterocycles. The molecule has 0 aliphatic heterocycles. The highest BCUT2D eigenvalue weighted by molar-refractivity contribution is 7.88. The minimum absolute atomic E-state index is 0.0314. The van der Waals surface area contributed by atoms with Gasteiger partial charge < -0.3 is 18.1 Å². The maximum atomic E-state index is 12.9. The predicted octanol–water partition coefficient (Wildman–Crippen LogP) is 6.64. The lowest BCUT2D eigenvalue weighted by atomic mass is 9.45. The first kappa shape index (κ1) is 28.8. The molecule has 2 bridgehead atoms. The van der Waals surface area contributed by atoms with Crippen LogP contribution in [0.2, 0.25) is 18.1 Å². The van der Waals surface area contributed by atoms with E-state index in [-0.39, 0.29) is 33.8 Å². The Morgan fingerprint density at radius 1 is 1.06 bits per heavy atom. The van der Waals surface area contributed by atoms with Crippen molar-refractivity contribution in [2.45, 2.75) is 70.6 Å². The summed E-state index contributed by atoms with van der Waals surface area (Å²) in [6, 6.07) is 2.33. The summed E-state index contributed by atoms with van der Waals surface area (Å²) < 4.78 is 83.7. The van der Waals surface area contributed by atoms with Gasteiger partial charge in [0.1, 0.15) is 17.2 Å². The standard InChI is InChI=1S/C25H37F3O6SSi/c1-23(2,3)36(8,9)33-14-15-10-17(19-13-18(15)24(19,4)5)22-20(31-6)11-16(12-21(22)32-7)34-35(29,30)25(26,27)28/h10-12,17-19H,13-14H2,1-9H3/t17-,18+,19-/m0/s1. The Morgan fingerprint density at radius 3 is 2.00 bits per heavy atom. The smallest absolute Gasteiger partial charge is 0.496 e. The van der Waals surface area contributed by atoms with Crippen molar-refractivity contribution in [1.29, 1.82) is 0 Å². The van der Waals surface area contributed by atoms with E-state index < -0.39 is 29.7 Å². The molecule has 0 N–H and O–H groups in total. The first-order chi connectivity index (χ1) is 16.3. The van der Waals surface area contributed by atoms with Crippen molar-refractivity contribution in [3.63, 3.8) is 0 Å². The van der Waals surface area contributed by atoms with Crippen LogP contribution in [-0.4, -0.2) is 43.1 Å². The van der Waals surface area contributed by atoms with E-state index in [1.54, 1.807) is 0 Å². The van der Waals surface area contributed by atoms with Crippen LogP contribution in [0.25, 0.3) is 0 Å². The van der Waals surface area contributed by atoms with E-state index in [9.17, 15) is 21.6 Å². The Labute approximate surface area is 213 Å². The lowest BCUT2D eigenvalue weighted by Crippen LogP contribution is -2.52. The van der Waals surface area contributed by atoms with Gasteiger partial charge in [0, 0.05) is 23.6 Å². The molecule has 3 aliphatic rings. The molecule has 3 aliphatic carbocycles. The molecule has 4 rings (SSSR count). The second kappa shape index (κ2) is 9.23. The molecule has 1 aromatic carbocycles. The van der Waals surface area contributed by atoms with Gasteiger partial charge in [-0.25, -0.2) is 0 Å².